The third-order valence-corrected chi connectivity index (χ3v) is 2.95. The van der Waals surface area contributed by atoms with Gasteiger partial charge in [0.1, 0.15) is 11.6 Å². The molecule has 0 spiro atoms. The number of nitrogens with zero attached hydrogens (tertiary/aromatic N) is 3. The Kier molecular flexibility index (Phi) is 3.54. The quantitative estimate of drug-likeness (QED) is 0.851. The van der Waals surface area contributed by atoms with Gasteiger partial charge in [-0.15, -0.1) is 5.10 Å². The third kappa shape index (κ3) is 2.59. The van der Waals surface area contributed by atoms with Crippen LogP contribution < -0.4 is 10.5 Å². The van der Waals surface area contributed by atoms with Crippen LogP contribution in [0.1, 0.15) is 16.8 Å². The fourth-order valence-corrected chi connectivity index (χ4v) is 1.69. The maximum Gasteiger partial charge on any atom is 0.257 e. The van der Waals surface area contributed by atoms with Gasteiger partial charge in [-0.2, -0.15) is 10.4 Å². The molecule has 0 aliphatic rings. The van der Waals surface area contributed by atoms with Crippen molar-refractivity contribution in [3.05, 3.63) is 40.0 Å². The number of benzene rings is 1. The molecule has 5 nitrogen and oxygen atoms in total. The van der Waals surface area contributed by atoms with E-state index in [1.54, 1.807) is 32.0 Å². The van der Waals surface area contributed by atoms with Crippen molar-refractivity contribution in [1.82, 2.24) is 10.2 Å². The topological polar surface area (TPSA) is 84.8 Å². The Morgan fingerprint density at radius 1 is 1.32 bits per heavy atom. The van der Waals surface area contributed by atoms with Gasteiger partial charge in [0.05, 0.1) is 11.4 Å². The van der Waals surface area contributed by atoms with Crippen molar-refractivity contribution in [1.29, 1.82) is 5.26 Å². The van der Waals surface area contributed by atoms with Crippen molar-refractivity contribution in [2.24, 2.45) is 0 Å². The van der Waals surface area contributed by atoms with Crippen molar-refractivity contribution in [3.8, 4) is 17.7 Å². The lowest BCUT2D eigenvalue weighted by Crippen LogP contribution is -2.01. The highest BCUT2D eigenvalue weighted by Gasteiger charge is 2.14. The summed E-state index contributed by atoms with van der Waals surface area (Å²) < 4.78 is 5.54. The van der Waals surface area contributed by atoms with Crippen LogP contribution in [0.25, 0.3) is 0 Å². The fourth-order valence-electron chi connectivity index (χ4n) is 1.51. The van der Waals surface area contributed by atoms with E-state index in [2.05, 4.69) is 16.3 Å². The summed E-state index contributed by atoms with van der Waals surface area (Å²) in [6.45, 7) is 3.57. The van der Waals surface area contributed by atoms with Crippen LogP contribution in [0.3, 0.4) is 0 Å². The number of hydrogen-bond acceptors (Lipinski definition) is 5. The molecule has 0 saturated heterocycles. The first-order valence-corrected chi connectivity index (χ1v) is 5.87. The number of halogens is 1. The van der Waals surface area contributed by atoms with Gasteiger partial charge in [-0.1, -0.05) is 11.6 Å². The molecule has 0 atom stereocenters. The van der Waals surface area contributed by atoms with E-state index in [1.165, 1.54) is 0 Å². The van der Waals surface area contributed by atoms with Gasteiger partial charge in [0.15, 0.2) is 5.75 Å². The van der Waals surface area contributed by atoms with E-state index in [-0.39, 0.29) is 5.88 Å². The van der Waals surface area contributed by atoms with Gasteiger partial charge < -0.3 is 10.5 Å². The van der Waals surface area contributed by atoms with Crippen LogP contribution >= 0.6 is 11.6 Å². The standard InChI is InChI=1S/C13H11ClN4O/c1-7-8(2)17-18-13(10(7)6-15)19-12-4-3-9(14)5-11(12)16/h3-5H,16H2,1-2H3. The molecule has 1 aromatic carbocycles. The Morgan fingerprint density at radius 3 is 2.68 bits per heavy atom. The summed E-state index contributed by atoms with van der Waals surface area (Å²) in [6.07, 6.45) is 0. The van der Waals surface area contributed by atoms with Crippen LogP contribution in [-0.4, -0.2) is 10.2 Å². The Balaban J connectivity index is 2.44. The molecular weight excluding hydrogens is 264 g/mol. The van der Waals surface area contributed by atoms with E-state index >= 15 is 0 Å². The molecule has 0 fully saturated rings. The summed E-state index contributed by atoms with van der Waals surface area (Å²) >= 11 is 5.81. The Hall–Kier alpha value is -2.32. The summed E-state index contributed by atoms with van der Waals surface area (Å²) in [5.74, 6) is 0.526. The van der Waals surface area contributed by atoms with Crippen molar-refractivity contribution in [3.63, 3.8) is 0 Å². The Labute approximate surface area is 115 Å². The minimum absolute atomic E-state index is 0.139. The van der Waals surface area contributed by atoms with Crippen LogP contribution in [0.2, 0.25) is 5.02 Å². The minimum Gasteiger partial charge on any atom is -0.434 e. The van der Waals surface area contributed by atoms with E-state index in [4.69, 9.17) is 27.3 Å². The van der Waals surface area contributed by atoms with Gasteiger partial charge in [0.2, 0.25) is 0 Å². The van der Waals surface area contributed by atoms with Crippen molar-refractivity contribution >= 4 is 17.3 Å². The van der Waals surface area contributed by atoms with Crippen molar-refractivity contribution in [2.75, 3.05) is 5.73 Å². The minimum atomic E-state index is 0.139. The molecule has 0 saturated carbocycles. The summed E-state index contributed by atoms with van der Waals surface area (Å²) in [5, 5.41) is 17.5. The Morgan fingerprint density at radius 2 is 2.05 bits per heavy atom. The predicted molar refractivity (Wildman–Crippen MR) is 72.2 cm³/mol. The molecular formula is C13H11ClN4O. The van der Waals surface area contributed by atoms with E-state index in [0.29, 0.717) is 27.7 Å². The molecule has 1 aromatic heterocycles. The lowest BCUT2D eigenvalue weighted by Gasteiger charge is -2.10. The molecule has 96 valence electrons. The lowest BCUT2D eigenvalue weighted by molar-refractivity contribution is 0.454. The second kappa shape index (κ2) is 5.12. The largest absolute Gasteiger partial charge is 0.434 e. The van der Waals surface area contributed by atoms with Gasteiger partial charge in [-0.05, 0) is 37.6 Å². The summed E-state index contributed by atoms with van der Waals surface area (Å²) in [4.78, 5) is 0. The SMILES string of the molecule is Cc1nnc(Oc2ccc(Cl)cc2N)c(C#N)c1C. The highest BCUT2D eigenvalue weighted by molar-refractivity contribution is 6.30. The number of aromatic nitrogens is 2. The second-order valence-corrected chi connectivity index (χ2v) is 4.42. The molecule has 19 heavy (non-hydrogen) atoms. The summed E-state index contributed by atoms with van der Waals surface area (Å²) in [6, 6.07) is 6.90. The second-order valence-electron chi connectivity index (χ2n) is 3.99. The summed E-state index contributed by atoms with van der Waals surface area (Å²) in [7, 11) is 0. The molecule has 2 N–H and O–H groups in total. The number of nitriles is 1. The average molecular weight is 275 g/mol. The molecule has 0 bridgehead atoms. The van der Waals surface area contributed by atoms with Gasteiger partial charge in [-0.3, -0.25) is 0 Å². The summed E-state index contributed by atoms with van der Waals surface area (Å²) in [5.41, 5.74) is 7.93. The zero-order chi connectivity index (χ0) is 14.0. The number of hydrogen-bond donors (Lipinski definition) is 1. The highest BCUT2D eigenvalue weighted by Crippen LogP contribution is 2.31. The number of aryl methyl sites for hydroxylation is 1. The first-order chi connectivity index (χ1) is 9.02. The normalized spacial score (nSPS) is 10.0. The van der Waals surface area contributed by atoms with Crippen LogP contribution in [0.5, 0.6) is 11.6 Å². The monoisotopic (exact) mass is 274 g/mol. The molecule has 0 aliphatic carbocycles. The first kappa shape index (κ1) is 13.1. The first-order valence-electron chi connectivity index (χ1n) is 5.49. The van der Waals surface area contributed by atoms with Crippen LogP contribution in [0.15, 0.2) is 18.2 Å². The van der Waals surface area contributed by atoms with Crippen LogP contribution in [0, 0.1) is 25.2 Å². The number of nitrogen functional groups attached to an aromatic ring is 1. The van der Waals surface area contributed by atoms with Crippen molar-refractivity contribution in [2.45, 2.75) is 13.8 Å². The number of ether oxygens (including phenoxy) is 1. The van der Waals surface area contributed by atoms with Gasteiger partial charge >= 0.3 is 0 Å². The van der Waals surface area contributed by atoms with E-state index in [0.717, 1.165) is 5.56 Å². The predicted octanol–water partition coefficient (Wildman–Crippen LogP) is 2.99. The van der Waals surface area contributed by atoms with E-state index in [1.807, 2.05) is 0 Å². The molecule has 2 aromatic rings. The molecule has 2 rings (SSSR count). The average Bonchev–Trinajstić information content (AvgIpc) is 2.37. The number of anilines is 1. The van der Waals surface area contributed by atoms with E-state index in [9.17, 15) is 0 Å². The molecule has 1 heterocycles. The van der Waals surface area contributed by atoms with Gasteiger partial charge in [0, 0.05) is 5.02 Å². The number of rotatable bonds is 2. The maximum absolute atomic E-state index is 9.17. The molecule has 0 radical (unpaired) electrons. The zero-order valence-corrected chi connectivity index (χ0v) is 11.2. The van der Waals surface area contributed by atoms with Crippen molar-refractivity contribution < 1.29 is 4.74 Å². The molecule has 6 heteroatoms. The van der Waals surface area contributed by atoms with Crippen LogP contribution in [0.4, 0.5) is 5.69 Å². The van der Waals surface area contributed by atoms with Crippen LogP contribution in [-0.2, 0) is 0 Å². The highest BCUT2D eigenvalue weighted by atomic mass is 35.5. The third-order valence-electron chi connectivity index (χ3n) is 2.71. The lowest BCUT2D eigenvalue weighted by atomic mass is 10.1. The zero-order valence-electron chi connectivity index (χ0n) is 10.4. The smallest absolute Gasteiger partial charge is 0.257 e. The maximum atomic E-state index is 9.17. The number of nitrogens with two attached hydrogens (primary N) is 1. The molecule has 0 aliphatic heterocycles. The van der Waals surface area contributed by atoms with Gasteiger partial charge in [0.25, 0.3) is 5.88 Å². The van der Waals surface area contributed by atoms with Gasteiger partial charge in [-0.25, -0.2) is 0 Å². The Bertz CT molecular complexity index is 679. The van der Waals surface area contributed by atoms with E-state index < -0.39 is 0 Å². The fraction of sp³-hybridized carbons (Fsp3) is 0.154. The molecule has 0 amide bonds. The molecule has 0 unspecified atom stereocenters.